The number of morpholine rings is 1. The van der Waals surface area contributed by atoms with Crippen molar-refractivity contribution in [2.24, 2.45) is 0 Å². The van der Waals surface area contributed by atoms with Gasteiger partial charge < -0.3 is 14.4 Å². The molecular formula is C16H23N3O3. The van der Waals surface area contributed by atoms with Crippen LogP contribution in [0.15, 0.2) is 24.5 Å². The molecule has 0 radical (unpaired) electrons. The molecule has 2 aliphatic rings. The number of hydrogen-bond acceptors (Lipinski definition) is 5. The lowest BCUT2D eigenvalue weighted by atomic mass is 10.0. The summed E-state index contributed by atoms with van der Waals surface area (Å²) >= 11 is 0. The summed E-state index contributed by atoms with van der Waals surface area (Å²) in [5.74, 6) is 0.0813. The van der Waals surface area contributed by atoms with Crippen molar-refractivity contribution in [2.75, 3.05) is 46.0 Å². The van der Waals surface area contributed by atoms with Gasteiger partial charge in [-0.25, -0.2) is 0 Å². The Morgan fingerprint density at radius 3 is 3.05 bits per heavy atom. The molecule has 22 heavy (non-hydrogen) atoms. The summed E-state index contributed by atoms with van der Waals surface area (Å²) in [6.45, 7) is 7.13. The van der Waals surface area contributed by atoms with E-state index in [0.29, 0.717) is 32.9 Å². The van der Waals surface area contributed by atoms with E-state index >= 15 is 0 Å². The maximum atomic E-state index is 11.7. The molecule has 2 aliphatic heterocycles. The van der Waals surface area contributed by atoms with Gasteiger partial charge in [-0.05, 0) is 11.6 Å². The van der Waals surface area contributed by atoms with Gasteiger partial charge >= 0.3 is 0 Å². The third-order valence-electron chi connectivity index (χ3n) is 4.25. The SMILES string of the molecule is CC(=O)N1CCOC[C@]2(CN(Cc3cccnc3)CCO2)C1. The predicted octanol–water partition coefficient (Wildman–Crippen LogP) is 0.531. The Morgan fingerprint density at radius 2 is 2.27 bits per heavy atom. The molecule has 0 bridgehead atoms. The lowest BCUT2D eigenvalue weighted by Crippen LogP contribution is -2.58. The molecule has 0 N–H and O–H groups in total. The molecule has 1 spiro atoms. The van der Waals surface area contributed by atoms with Gasteiger partial charge in [-0.2, -0.15) is 0 Å². The van der Waals surface area contributed by atoms with Crippen molar-refractivity contribution < 1.29 is 14.3 Å². The van der Waals surface area contributed by atoms with Crippen LogP contribution in [-0.2, 0) is 20.8 Å². The highest BCUT2D eigenvalue weighted by Gasteiger charge is 2.40. The van der Waals surface area contributed by atoms with Gasteiger partial charge in [0.05, 0.1) is 26.4 Å². The summed E-state index contributed by atoms with van der Waals surface area (Å²) in [7, 11) is 0. The van der Waals surface area contributed by atoms with E-state index in [9.17, 15) is 4.79 Å². The zero-order valence-corrected chi connectivity index (χ0v) is 13.0. The van der Waals surface area contributed by atoms with Crippen LogP contribution in [0.5, 0.6) is 0 Å². The highest BCUT2D eigenvalue weighted by molar-refractivity contribution is 5.73. The van der Waals surface area contributed by atoms with E-state index in [-0.39, 0.29) is 5.91 Å². The van der Waals surface area contributed by atoms with E-state index in [0.717, 1.165) is 19.6 Å². The van der Waals surface area contributed by atoms with Crippen LogP contribution < -0.4 is 0 Å². The van der Waals surface area contributed by atoms with E-state index in [2.05, 4.69) is 16.0 Å². The topological polar surface area (TPSA) is 54.9 Å². The van der Waals surface area contributed by atoms with E-state index in [1.807, 2.05) is 17.2 Å². The van der Waals surface area contributed by atoms with Crippen molar-refractivity contribution in [1.29, 1.82) is 0 Å². The number of pyridine rings is 1. The van der Waals surface area contributed by atoms with Gasteiger partial charge in [0.25, 0.3) is 0 Å². The summed E-state index contributed by atoms with van der Waals surface area (Å²) < 4.78 is 11.8. The Morgan fingerprint density at radius 1 is 1.36 bits per heavy atom. The van der Waals surface area contributed by atoms with Crippen molar-refractivity contribution in [3.63, 3.8) is 0 Å². The van der Waals surface area contributed by atoms with Crippen LogP contribution in [0, 0.1) is 0 Å². The molecule has 120 valence electrons. The zero-order valence-electron chi connectivity index (χ0n) is 13.0. The minimum Gasteiger partial charge on any atom is -0.376 e. The number of hydrogen-bond donors (Lipinski definition) is 0. The summed E-state index contributed by atoms with van der Waals surface area (Å²) in [6.07, 6.45) is 3.68. The third-order valence-corrected chi connectivity index (χ3v) is 4.25. The molecule has 3 heterocycles. The van der Waals surface area contributed by atoms with Gasteiger partial charge in [-0.3, -0.25) is 14.7 Å². The van der Waals surface area contributed by atoms with E-state index in [1.165, 1.54) is 5.56 Å². The summed E-state index contributed by atoms with van der Waals surface area (Å²) in [6, 6.07) is 4.04. The van der Waals surface area contributed by atoms with Gasteiger partial charge in [0.1, 0.15) is 5.60 Å². The Kier molecular flexibility index (Phi) is 4.71. The molecule has 0 saturated carbocycles. The zero-order chi connectivity index (χ0) is 15.4. The van der Waals surface area contributed by atoms with E-state index < -0.39 is 5.60 Å². The Hall–Kier alpha value is -1.50. The van der Waals surface area contributed by atoms with Crippen LogP contribution in [0.1, 0.15) is 12.5 Å². The second kappa shape index (κ2) is 6.73. The van der Waals surface area contributed by atoms with Crippen LogP contribution >= 0.6 is 0 Å². The molecule has 1 aromatic rings. The Bertz CT molecular complexity index is 511. The highest BCUT2D eigenvalue weighted by Crippen LogP contribution is 2.23. The normalized spacial score (nSPS) is 26.9. The number of carbonyl (C=O) groups is 1. The monoisotopic (exact) mass is 305 g/mol. The molecule has 0 aromatic carbocycles. The van der Waals surface area contributed by atoms with Gasteiger partial charge in [-0.1, -0.05) is 6.07 Å². The first-order valence-electron chi connectivity index (χ1n) is 7.75. The van der Waals surface area contributed by atoms with Crippen LogP contribution in [0.3, 0.4) is 0 Å². The minimum absolute atomic E-state index is 0.0813. The first-order chi connectivity index (χ1) is 10.7. The fourth-order valence-corrected chi connectivity index (χ4v) is 3.17. The number of aromatic nitrogens is 1. The standard InChI is InChI=1S/C16H23N3O3/c1-14(20)19-6-7-21-13-16(12-19)11-18(5-8-22-16)10-15-3-2-4-17-9-15/h2-4,9H,5-8,10-13H2,1H3/t16-/m0/s1. The van der Waals surface area contributed by atoms with E-state index in [4.69, 9.17) is 9.47 Å². The average Bonchev–Trinajstić information content (AvgIpc) is 2.71. The molecule has 2 fully saturated rings. The second-order valence-electron chi connectivity index (χ2n) is 6.10. The number of carbonyl (C=O) groups excluding carboxylic acids is 1. The van der Waals surface area contributed by atoms with Crippen molar-refractivity contribution in [3.05, 3.63) is 30.1 Å². The first kappa shape index (κ1) is 15.4. The molecule has 0 aliphatic carbocycles. The quantitative estimate of drug-likeness (QED) is 0.798. The molecule has 0 unspecified atom stereocenters. The number of rotatable bonds is 2. The largest absolute Gasteiger partial charge is 0.376 e. The fraction of sp³-hybridized carbons (Fsp3) is 0.625. The predicted molar refractivity (Wildman–Crippen MR) is 81.3 cm³/mol. The molecule has 2 saturated heterocycles. The summed E-state index contributed by atoms with van der Waals surface area (Å²) in [5.41, 5.74) is 0.778. The van der Waals surface area contributed by atoms with Crippen molar-refractivity contribution in [3.8, 4) is 0 Å². The highest BCUT2D eigenvalue weighted by atomic mass is 16.5. The molecule has 6 nitrogen and oxygen atoms in total. The van der Waals surface area contributed by atoms with Crippen molar-refractivity contribution in [1.82, 2.24) is 14.8 Å². The Balaban J connectivity index is 1.69. The molecule has 1 amide bonds. The Labute approximate surface area is 131 Å². The lowest BCUT2D eigenvalue weighted by molar-refractivity contribution is -0.151. The molecular weight excluding hydrogens is 282 g/mol. The lowest BCUT2D eigenvalue weighted by Gasteiger charge is -2.43. The smallest absolute Gasteiger partial charge is 0.219 e. The summed E-state index contributed by atoms with van der Waals surface area (Å²) in [5, 5.41) is 0. The van der Waals surface area contributed by atoms with Crippen LogP contribution in [0.25, 0.3) is 0 Å². The van der Waals surface area contributed by atoms with Gasteiger partial charge in [0.2, 0.25) is 5.91 Å². The summed E-state index contributed by atoms with van der Waals surface area (Å²) in [4.78, 5) is 20.1. The fourth-order valence-electron chi connectivity index (χ4n) is 3.17. The van der Waals surface area contributed by atoms with Crippen LogP contribution in [-0.4, -0.2) is 72.3 Å². The maximum absolute atomic E-state index is 11.7. The average molecular weight is 305 g/mol. The molecule has 6 heteroatoms. The van der Waals surface area contributed by atoms with Gasteiger partial charge in [-0.15, -0.1) is 0 Å². The van der Waals surface area contributed by atoms with Crippen LogP contribution in [0.4, 0.5) is 0 Å². The van der Waals surface area contributed by atoms with Gasteiger partial charge in [0, 0.05) is 45.5 Å². The maximum Gasteiger partial charge on any atom is 0.219 e. The molecule has 1 atom stereocenters. The number of amides is 1. The number of ether oxygens (including phenoxy) is 2. The minimum atomic E-state index is -0.414. The third kappa shape index (κ3) is 3.63. The molecule has 3 rings (SSSR count). The van der Waals surface area contributed by atoms with Gasteiger partial charge in [0.15, 0.2) is 0 Å². The van der Waals surface area contributed by atoms with Crippen molar-refractivity contribution in [2.45, 2.75) is 19.1 Å². The number of nitrogens with zero attached hydrogens (tertiary/aromatic N) is 3. The second-order valence-corrected chi connectivity index (χ2v) is 6.10. The first-order valence-corrected chi connectivity index (χ1v) is 7.75. The van der Waals surface area contributed by atoms with Crippen LogP contribution in [0.2, 0.25) is 0 Å². The van der Waals surface area contributed by atoms with Crippen molar-refractivity contribution >= 4 is 5.91 Å². The van der Waals surface area contributed by atoms with E-state index in [1.54, 1.807) is 13.1 Å². The molecule has 1 aromatic heterocycles.